The largest absolute Gasteiger partial charge is 0.344 e. The topological polar surface area (TPSA) is 49.4 Å². The fourth-order valence-electron chi connectivity index (χ4n) is 3.48. The summed E-state index contributed by atoms with van der Waals surface area (Å²) < 4.78 is 15.2. The Balaban J connectivity index is 1.79. The molecule has 6 heteroatoms. The first kappa shape index (κ1) is 20.5. The number of likely N-dealkylation sites (tertiary alicyclic amines) is 1. The van der Waals surface area contributed by atoms with Crippen LogP contribution in [0.1, 0.15) is 49.3 Å². The third-order valence-corrected chi connectivity index (χ3v) is 5.46. The molecular weight excluding hydrogens is 423 g/mol. The summed E-state index contributed by atoms with van der Waals surface area (Å²) >= 11 is 3.27. The molecule has 0 radical (unpaired) electrons. The minimum absolute atomic E-state index is 0.000311. The van der Waals surface area contributed by atoms with E-state index in [4.69, 9.17) is 0 Å². The van der Waals surface area contributed by atoms with Crippen LogP contribution in [0.5, 0.6) is 0 Å². The molecule has 0 aliphatic carbocycles. The van der Waals surface area contributed by atoms with Crippen LogP contribution in [-0.4, -0.2) is 29.8 Å². The van der Waals surface area contributed by atoms with E-state index in [9.17, 15) is 14.0 Å². The van der Waals surface area contributed by atoms with E-state index in [-0.39, 0.29) is 18.4 Å². The second kappa shape index (κ2) is 9.82. The highest BCUT2D eigenvalue weighted by Gasteiger charge is 2.23. The molecule has 1 fully saturated rings. The van der Waals surface area contributed by atoms with E-state index in [1.165, 1.54) is 6.07 Å². The summed E-state index contributed by atoms with van der Waals surface area (Å²) in [6.07, 6.45) is 4.39. The number of halogens is 2. The van der Waals surface area contributed by atoms with Gasteiger partial charge in [0, 0.05) is 23.0 Å². The van der Waals surface area contributed by atoms with E-state index in [0.717, 1.165) is 31.2 Å². The summed E-state index contributed by atoms with van der Waals surface area (Å²) in [6, 6.07) is 13.5. The van der Waals surface area contributed by atoms with Gasteiger partial charge in [-0.25, -0.2) is 4.39 Å². The monoisotopic (exact) mass is 446 g/mol. The van der Waals surface area contributed by atoms with Gasteiger partial charge in [-0.3, -0.25) is 9.59 Å². The Morgan fingerprint density at radius 1 is 1.11 bits per heavy atom. The van der Waals surface area contributed by atoms with E-state index in [0.29, 0.717) is 23.0 Å². The quantitative estimate of drug-likeness (QED) is 0.729. The van der Waals surface area contributed by atoms with Gasteiger partial charge in [-0.15, -0.1) is 0 Å². The molecule has 2 amide bonds. The van der Waals surface area contributed by atoms with Gasteiger partial charge >= 0.3 is 0 Å². The van der Waals surface area contributed by atoms with Crippen LogP contribution < -0.4 is 5.32 Å². The van der Waals surface area contributed by atoms with Crippen LogP contribution in [0.2, 0.25) is 0 Å². The van der Waals surface area contributed by atoms with Gasteiger partial charge < -0.3 is 10.2 Å². The number of amides is 2. The van der Waals surface area contributed by atoms with E-state index >= 15 is 0 Å². The molecule has 4 nitrogen and oxygen atoms in total. The smallest absolute Gasteiger partial charge is 0.240 e. The molecule has 0 aromatic heterocycles. The normalized spacial score (nSPS) is 16.2. The maximum atomic E-state index is 14.6. The molecule has 148 valence electrons. The number of nitrogens with zero attached hydrogens (tertiary/aromatic N) is 1. The van der Waals surface area contributed by atoms with Crippen molar-refractivity contribution in [2.75, 3.05) is 13.1 Å². The molecule has 2 aromatic carbocycles. The van der Waals surface area contributed by atoms with Crippen molar-refractivity contribution < 1.29 is 14.0 Å². The zero-order valence-corrected chi connectivity index (χ0v) is 17.3. The predicted octanol–water partition coefficient (Wildman–Crippen LogP) is 4.59. The van der Waals surface area contributed by atoms with Crippen molar-refractivity contribution >= 4 is 27.7 Å². The number of hydrogen-bond donors (Lipinski definition) is 1. The van der Waals surface area contributed by atoms with Crippen molar-refractivity contribution in [3.8, 4) is 0 Å². The minimum atomic E-state index is -0.619. The summed E-state index contributed by atoms with van der Waals surface area (Å²) in [5.41, 5.74) is 1.18. The lowest BCUT2D eigenvalue weighted by Crippen LogP contribution is -2.43. The Kier molecular flexibility index (Phi) is 7.20. The van der Waals surface area contributed by atoms with Gasteiger partial charge in [-0.05, 0) is 30.5 Å². The standard InChI is InChI=1S/C22H24BrFN2O2/c23-17-11-12-18(19(24)14-17)22(16-8-4-3-5-9-16)25-20(27)15-26-13-7-2-1-6-10-21(26)28/h3-5,8-9,11-12,14,22H,1-2,6-7,10,13,15H2,(H,25,27). The third-order valence-electron chi connectivity index (χ3n) is 4.97. The Morgan fingerprint density at radius 2 is 1.86 bits per heavy atom. The van der Waals surface area contributed by atoms with Gasteiger partial charge in [0.2, 0.25) is 11.8 Å². The van der Waals surface area contributed by atoms with Crippen LogP contribution in [-0.2, 0) is 9.59 Å². The predicted molar refractivity (Wildman–Crippen MR) is 110 cm³/mol. The second-order valence-corrected chi connectivity index (χ2v) is 7.97. The third kappa shape index (κ3) is 5.41. The SMILES string of the molecule is O=C(CN1CCCCCCC1=O)NC(c1ccccc1)c1ccc(Br)cc1F. The lowest BCUT2D eigenvalue weighted by atomic mass is 9.98. The maximum absolute atomic E-state index is 14.6. The molecular formula is C22H24BrFN2O2. The Hall–Kier alpha value is -2.21. The molecule has 0 bridgehead atoms. The molecule has 1 aliphatic heterocycles. The van der Waals surface area contributed by atoms with Crippen LogP contribution in [0.3, 0.4) is 0 Å². The summed E-state index contributed by atoms with van der Waals surface area (Å²) in [5.74, 6) is -0.670. The molecule has 28 heavy (non-hydrogen) atoms. The maximum Gasteiger partial charge on any atom is 0.240 e. The zero-order chi connectivity index (χ0) is 19.9. The van der Waals surface area contributed by atoms with Crippen LogP contribution in [0.25, 0.3) is 0 Å². The average Bonchev–Trinajstić information content (AvgIpc) is 2.67. The molecule has 1 unspecified atom stereocenters. The number of hydrogen-bond acceptors (Lipinski definition) is 2. The summed E-state index contributed by atoms with van der Waals surface area (Å²) in [6.45, 7) is 0.592. The highest BCUT2D eigenvalue weighted by molar-refractivity contribution is 9.10. The van der Waals surface area contributed by atoms with Gasteiger partial charge in [0.05, 0.1) is 12.6 Å². The minimum Gasteiger partial charge on any atom is -0.344 e. The molecule has 0 spiro atoms. The van der Waals surface area contributed by atoms with Crippen molar-refractivity contribution in [2.24, 2.45) is 0 Å². The average molecular weight is 447 g/mol. The number of carbonyl (C=O) groups excluding carboxylic acids is 2. The summed E-state index contributed by atoms with van der Waals surface area (Å²) in [7, 11) is 0. The molecule has 0 saturated carbocycles. The summed E-state index contributed by atoms with van der Waals surface area (Å²) in [4.78, 5) is 26.7. The lowest BCUT2D eigenvalue weighted by molar-refractivity contribution is -0.136. The first-order valence-electron chi connectivity index (χ1n) is 9.61. The van der Waals surface area contributed by atoms with Crippen LogP contribution in [0.4, 0.5) is 4.39 Å². The highest BCUT2D eigenvalue weighted by Crippen LogP contribution is 2.26. The zero-order valence-electron chi connectivity index (χ0n) is 15.7. The van der Waals surface area contributed by atoms with Crippen LogP contribution in [0.15, 0.2) is 53.0 Å². The first-order chi connectivity index (χ1) is 13.5. The van der Waals surface area contributed by atoms with Gasteiger partial charge in [0.25, 0.3) is 0 Å². The van der Waals surface area contributed by atoms with Crippen molar-refractivity contribution in [3.63, 3.8) is 0 Å². The molecule has 2 aromatic rings. The number of nitrogens with one attached hydrogen (secondary N) is 1. The fraction of sp³-hybridized carbons (Fsp3) is 0.364. The van der Waals surface area contributed by atoms with Crippen molar-refractivity contribution in [3.05, 3.63) is 69.9 Å². The van der Waals surface area contributed by atoms with Crippen LogP contribution in [0, 0.1) is 5.82 Å². The Morgan fingerprint density at radius 3 is 2.61 bits per heavy atom. The lowest BCUT2D eigenvalue weighted by Gasteiger charge is -2.26. The van der Waals surface area contributed by atoms with Gasteiger partial charge in [0.15, 0.2) is 0 Å². The number of benzene rings is 2. The second-order valence-electron chi connectivity index (χ2n) is 7.06. The molecule has 1 aliphatic rings. The van der Waals surface area contributed by atoms with E-state index in [1.807, 2.05) is 30.3 Å². The van der Waals surface area contributed by atoms with Crippen LogP contribution >= 0.6 is 15.9 Å². The van der Waals surface area contributed by atoms with Crippen molar-refractivity contribution in [1.82, 2.24) is 10.2 Å². The first-order valence-corrected chi connectivity index (χ1v) is 10.4. The Bertz CT molecular complexity index is 829. The molecule has 1 atom stereocenters. The van der Waals surface area contributed by atoms with E-state index in [1.54, 1.807) is 17.0 Å². The highest BCUT2D eigenvalue weighted by atomic mass is 79.9. The van der Waals surface area contributed by atoms with Gasteiger partial charge in [0.1, 0.15) is 5.82 Å². The van der Waals surface area contributed by atoms with E-state index < -0.39 is 11.9 Å². The fourth-order valence-corrected chi connectivity index (χ4v) is 3.82. The van der Waals surface area contributed by atoms with E-state index in [2.05, 4.69) is 21.2 Å². The number of carbonyl (C=O) groups is 2. The van der Waals surface area contributed by atoms with Crippen molar-refractivity contribution in [1.29, 1.82) is 0 Å². The summed E-state index contributed by atoms with van der Waals surface area (Å²) in [5, 5.41) is 2.93. The number of rotatable bonds is 5. The van der Waals surface area contributed by atoms with Crippen molar-refractivity contribution in [2.45, 2.75) is 38.1 Å². The van der Waals surface area contributed by atoms with Gasteiger partial charge in [-0.2, -0.15) is 0 Å². The molecule has 3 rings (SSSR count). The van der Waals surface area contributed by atoms with Gasteiger partial charge in [-0.1, -0.05) is 65.2 Å². The Labute approximate surface area is 173 Å². The molecule has 1 saturated heterocycles. The molecule has 1 heterocycles. The molecule has 1 N–H and O–H groups in total.